The van der Waals surface area contributed by atoms with Crippen LogP contribution in [-0.2, 0) is 29.5 Å². The number of methoxy groups -OCH3 is 2. The number of carbonyl (C=O) groups excluding carboxylic acids is 2. The number of rotatable bonds is 10. The molecule has 0 aliphatic rings. The molecular formula is C38H28Cl2N6O8S2. The van der Waals surface area contributed by atoms with Crippen LogP contribution in [-0.4, -0.2) is 49.0 Å². The summed E-state index contributed by atoms with van der Waals surface area (Å²) in [6.07, 6.45) is 1.75. The second kappa shape index (κ2) is 16.2. The average molecular weight is 832 g/mol. The molecule has 6 aromatic carbocycles. The standard InChI is InChI=1S/C38H28Cl2N6O8S2/c1-53-36(47)32-19-30(11-13-34(32)39)55(49,50)45-28-9-5-22-3-7-26(15-24(22)17-28)43-38(42-21-41)44-27-8-4-23-6-10-29(18-25(23)16-27)46-56(51,52)31-12-14-35(40)33(20-31)37(48)54-2/h3-20,45-46H,1-2H3,(H2,42,43,44). The maximum atomic E-state index is 13.2. The first-order valence-corrected chi connectivity index (χ1v) is 19.8. The molecule has 0 bridgehead atoms. The number of ether oxygens (including phenoxy) is 2. The summed E-state index contributed by atoms with van der Waals surface area (Å²) in [5, 5.41) is 18.5. The van der Waals surface area contributed by atoms with Gasteiger partial charge in [-0.2, -0.15) is 5.26 Å². The minimum atomic E-state index is -4.13. The van der Waals surface area contributed by atoms with Gasteiger partial charge in [-0.3, -0.25) is 9.44 Å². The van der Waals surface area contributed by atoms with Crippen molar-refractivity contribution in [2.75, 3.05) is 34.3 Å². The SMILES string of the molecule is COC(=O)c1cc(S(=O)(=O)Nc2ccc3ccc(NC(=NC#N)Nc4ccc5ccc(NS(=O)(=O)c6ccc(Cl)c(C(=O)OC)c6)cc5c4)cc3c2)ccc1Cl. The van der Waals surface area contributed by atoms with Gasteiger partial charge in [-0.25, -0.2) is 26.4 Å². The second-order valence-electron chi connectivity index (χ2n) is 11.8. The zero-order valence-corrected chi connectivity index (χ0v) is 32.3. The van der Waals surface area contributed by atoms with Crippen LogP contribution in [0.1, 0.15) is 20.7 Å². The third-order valence-electron chi connectivity index (χ3n) is 8.18. The van der Waals surface area contributed by atoms with E-state index < -0.39 is 32.0 Å². The highest BCUT2D eigenvalue weighted by atomic mass is 35.5. The summed E-state index contributed by atoms with van der Waals surface area (Å²) in [6, 6.07) is 27.8. The highest BCUT2D eigenvalue weighted by Gasteiger charge is 2.21. The van der Waals surface area contributed by atoms with Crippen molar-refractivity contribution in [1.29, 1.82) is 5.26 Å². The van der Waals surface area contributed by atoms with E-state index in [0.29, 0.717) is 22.1 Å². The van der Waals surface area contributed by atoms with Crippen molar-refractivity contribution in [2.24, 2.45) is 4.99 Å². The number of nitrogens with one attached hydrogen (secondary N) is 4. The monoisotopic (exact) mass is 830 g/mol. The van der Waals surface area contributed by atoms with E-state index >= 15 is 0 Å². The largest absolute Gasteiger partial charge is 0.465 e. The number of hydrogen-bond acceptors (Lipinski definition) is 10. The van der Waals surface area contributed by atoms with Crippen LogP contribution in [0.25, 0.3) is 21.5 Å². The summed E-state index contributed by atoms with van der Waals surface area (Å²) >= 11 is 12.1. The van der Waals surface area contributed by atoms with E-state index in [2.05, 4.69) is 25.1 Å². The van der Waals surface area contributed by atoms with Crippen LogP contribution in [0.3, 0.4) is 0 Å². The fourth-order valence-corrected chi connectivity index (χ4v) is 8.03. The summed E-state index contributed by atoms with van der Waals surface area (Å²) in [5.74, 6) is -1.50. The molecule has 0 aromatic heterocycles. The third kappa shape index (κ3) is 8.77. The summed E-state index contributed by atoms with van der Waals surface area (Å²) < 4.78 is 67.3. The zero-order valence-electron chi connectivity index (χ0n) is 29.1. The minimum absolute atomic E-state index is 0.0416. The lowest BCUT2D eigenvalue weighted by Gasteiger charge is -2.14. The molecule has 4 N–H and O–H groups in total. The molecule has 0 heterocycles. The molecule has 0 aliphatic carbocycles. The van der Waals surface area contributed by atoms with Crippen LogP contribution in [0.15, 0.2) is 124 Å². The molecule has 0 fully saturated rings. The molecule has 56 heavy (non-hydrogen) atoms. The Balaban J connectivity index is 1.20. The van der Waals surface area contributed by atoms with Gasteiger partial charge in [0.25, 0.3) is 20.0 Å². The number of benzene rings is 6. The van der Waals surface area contributed by atoms with Crippen molar-refractivity contribution in [3.05, 3.63) is 130 Å². The van der Waals surface area contributed by atoms with E-state index in [9.17, 15) is 31.7 Å². The van der Waals surface area contributed by atoms with Gasteiger partial charge in [0, 0.05) is 22.7 Å². The molecule has 0 radical (unpaired) electrons. The molecule has 0 aliphatic heterocycles. The molecule has 0 saturated carbocycles. The molecule has 6 aromatic rings. The van der Waals surface area contributed by atoms with E-state index in [-0.39, 0.29) is 48.3 Å². The molecule has 18 heteroatoms. The van der Waals surface area contributed by atoms with Crippen molar-refractivity contribution in [1.82, 2.24) is 0 Å². The number of fused-ring (bicyclic) bond motifs is 2. The quantitative estimate of drug-likeness (QED) is 0.0453. The number of aliphatic imine (C=N–C) groups is 1. The number of halogens is 2. The Morgan fingerprint density at radius 3 is 1.32 bits per heavy atom. The lowest BCUT2D eigenvalue weighted by Crippen LogP contribution is -2.21. The molecule has 14 nitrogen and oxygen atoms in total. The van der Waals surface area contributed by atoms with Crippen LogP contribution >= 0.6 is 23.2 Å². The van der Waals surface area contributed by atoms with Gasteiger partial charge < -0.3 is 20.1 Å². The highest BCUT2D eigenvalue weighted by Crippen LogP contribution is 2.29. The predicted molar refractivity (Wildman–Crippen MR) is 215 cm³/mol. The third-order valence-corrected chi connectivity index (χ3v) is 11.6. The number of hydrogen-bond donors (Lipinski definition) is 4. The molecule has 6 rings (SSSR count). The van der Waals surface area contributed by atoms with Gasteiger partial charge >= 0.3 is 11.9 Å². The zero-order chi connectivity index (χ0) is 40.2. The Morgan fingerprint density at radius 1 is 0.571 bits per heavy atom. The predicted octanol–water partition coefficient (Wildman–Crippen LogP) is 7.84. The van der Waals surface area contributed by atoms with E-state index in [4.69, 9.17) is 32.7 Å². The van der Waals surface area contributed by atoms with Gasteiger partial charge in [-0.1, -0.05) is 47.5 Å². The molecule has 0 saturated heterocycles. The Bertz CT molecular complexity index is 2680. The van der Waals surface area contributed by atoms with Crippen LogP contribution < -0.4 is 20.1 Å². The van der Waals surface area contributed by atoms with Gasteiger partial charge in [0.2, 0.25) is 12.2 Å². The normalized spacial score (nSPS) is 11.3. The Hall–Kier alpha value is -6.38. The van der Waals surface area contributed by atoms with Crippen molar-refractivity contribution < 1.29 is 35.9 Å². The number of sulfonamides is 2. The van der Waals surface area contributed by atoms with Crippen molar-refractivity contribution in [3.8, 4) is 6.19 Å². The lowest BCUT2D eigenvalue weighted by molar-refractivity contribution is 0.0591. The Labute approximate surface area is 330 Å². The van der Waals surface area contributed by atoms with Gasteiger partial charge in [-0.05, 0) is 106 Å². The molecule has 0 amide bonds. The Morgan fingerprint density at radius 2 is 0.946 bits per heavy atom. The van der Waals surface area contributed by atoms with E-state index in [1.165, 1.54) is 24.3 Å². The van der Waals surface area contributed by atoms with Crippen molar-refractivity contribution in [2.45, 2.75) is 9.79 Å². The summed E-state index contributed by atoms with van der Waals surface area (Å²) in [5.41, 5.74) is 1.30. The second-order valence-corrected chi connectivity index (χ2v) is 16.0. The Kier molecular flexibility index (Phi) is 11.3. The topological polar surface area (TPSA) is 205 Å². The first kappa shape index (κ1) is 39.3. The van der Waals surface area contributed by atoms with E-state index in [1.54, 1.807) is 79.0 Å². The lowest BCUT2D eigenvalue weighted by atomic mass is 10.1. The summed E-state index contributed by atoms with van der Waals surface area (Å²) in [6.45, 7) is 0. The number of carbonyl (C=O) groups is 2. The maximum Gasteiger partial charge on any atom is 0.339 e. The number of guanidine groups is 1. The fraction of sp³-hybridized carbons (Fsp3) is 0.0526. The average Bonchev–Trinajstić information content (AvgIpc) is 3.17. The van der Waals surface area contributed by atoms with Crippen LogP contribution in [0, 0.1) is 11.5 Å². The molecular weight excluding hydrogens is 803 g/mol. The molecule has 284 valence electrons. The molecule has 0 spiro atoms. The summed E-state index contributed by atoms with van der Waals surface area (Å²) in [4.78, 5) is 27.6. The van der Waals surface area contributed by atoms with Crippen LogP contribution in [0.2, 0.25) is 10.0 Å². The van der Waals surface area contributed by atoms with Gasteiger partial charge in [0.1, 0.15) is 0 Å². The van der Waals surface area contributed by atoms with E-state index in [1.807, 2.05) is 0 Å². The first-order valence-electron chi connectivity index (χ1n) is 16.1. The first-order chi connectivity index (χ1) is 26.7. The van der Waals surface area contributed by atoms with Crippen molar-refractivity contribution in [3.63, 3.8) is 0 Å². The number of nitrogens with zero attached hydrogens (tertiary/aromatic N) is 2. The van der Waals surface area contributed by atoms with Crippen molar-refractivity contribution >= 4 is 105 Å². The summed E-state index contributed by atoms with van der Waals surface area (Å²) in [7, 11) is -5.94. The maximum absolute atomic E-state index is 13.2. The minimum Gasteiger partial charge on any atom is -0.465 e. The van der Waals surface area contributed by atoms with Crippen LogP contribution in [0.4, 0.5) is 22.7 Å². The van der Waals surface area contributed by atoms with E-state index in [0.717, 1.165) is 37.1 Å². The van der Waals surface area contributed by atoms with Gasteiger partial charge in [0.05, 0.1) is 45.2 Å². The molecule has 0 atom stereocenters. The molecule has 0 unspecified atom stereocenters. The number of esters is 2. The number of anilines is 4. The number of nitriles is 1. The highest BCUT2D eigenvalue weighted by molar-refractivity contribution is 7.93. The van der Waals surface area contributed by atoms with Gasteiger partial charge in [-0.15, -0.1) is 4.99 Å². The van der Waals surface area contributed by atoms with Gasteiger partial charge in [0.15, 0.2) is 0 Å². The van der Waals surface area contributed by atoms with Crippen LogP contribution in [0.5, 0.6) is 0 Å². The fourth-order valence-electron chi connectivity index (χ4n) is 5.49. The smallest absolute Gasteiger partial charge is 0.339 e.